The Labute approximate surface area is 98.0 Å². The number of methoxy groups -OCH3 is 1. The molecule has 78 valence electrons. The van der Waals surface area contributed by atoms with Gasteiger partial charge in [0.15, 0.2) is 0 Å². The lowest BCUT2D eigenvalue weighted by molar-refractivity contribution is 0.406. The molecule has 1 aliphatic carbocycles. The summed E-state index contributed by atoms with van der Waals surface area (Å²) in [5, 5.41) is 9.27. The van der Waals surface area contributed by atoms with E-state index in [1.54, 1.807) is 7.11 Å². The molecule has 2 unspecified atom stereocenters. The average molecular weight is 266 g/mol. The number of nitriles is 1. The van der Waals surface area contributed by atoms with Crippen LogP contribution in [0.4, 0.5) is 0 Å². The van der Waals surface area contributed by atoms with E-state index in [4.69, 9.17) is 4.74 Å². The van der Waals surface area contributed by atoms with Crippen molar-refractivity contribution in [2.24, 2.45) is 5.92 Å². The van der Waals surface area contributed by atoms with E-state index in [0.29, 0.717) is 5.92 Å². The largest absolute Gasteiger partial charge is 0.496 e. The topological polar surface area (TPSA) is 33.0 Å². The van der Waals surface area contributed by atoms with Crippen LogP contribution >= 0.6 is 15.9 Å². The Morgan fingerprint density at radius 1 is 1.60 bits per heavy atom. The van der Waals surface area contributed by atoms with Crippen molar-refractivity contribution in [2.75, 3.05) is 7.11 Å². The van der Waals surface area contributed by atoms with Gasteiger partial charge in [-0.25, -0.2) is 0 Å². The number of halogens is 1. The summed E-state index contributed by atoms with van der Waals surface area (Å²) in [7, 11) is 1.64. The molecule has 3 heteroatoms. The van der Waals surface area contributed by atoms with E-state index in [1.165, 1.54) is 0 Å². The van der Waals surface area contributed by atoms with Crippen molar-refractivity contribution < 1.29 is 4.74 Å². The fraction of sp³-hybridized carbons (Fsp3) is 0.417. The fourth-order valence-corrected chi connectivity index (χ4v) is 2.41. The van der Waals surface area contributed by atoms with Gasteiger partial charge in [-0.15, -0.1) is 0 Å². The molecule has 2 atom stereocenters. The highest BCUT2D eigenvalue weighted by atomic mass is 79.9. The van der Waals surface area contributed by atoms with Gasteiger partial charge in [-0.1, -0.05) is 22.9 Å². The van der Waals surface area contributed by atoms with Gasteiger partial charge in [0.05, 0.1) is 18.6 Å². The molecule has 15 heavy (non-hydrogen) atoms. The first-order chi connectivity index (χ1) is 7.14. The smallest absolute Gasteiger partial charge is 0.123 e. The summed E-state index contributed by atoms with van der Waals surface area (Å²) in [6, 6.07) is 8.25. The van der Waals surface area contributed by atoms with Crippen LogP contribution in [-0.2, 0) is 5.41 Å². The second-order valence-electron chi connectivity index (χ2n) is 4.03. The van der Waals surface area contributed by atoms with Gasteiger partial charge in [-0.05, 0) is 30.5 Å². The van der Waals surface area contributed by atoms with E-state index in [9.17, 15) is 5.26 Å². The van der Waals surface area contributed by atoms with E-state index >= 15 is 0 Å². The molecule has 1 aromatic rings. The van der Waals surface area contributed by atoms with Crippen LogP contribution in [0.25, 0.3) is 0 Å². The van der Waals surface area contributed by atoms with Crippen LogP contribution in [0.3, 0.4) is 0 Å². The predicted molar refractivity (Wildman–Crippen MR) is 61.8 cm³/mol. The summed E-state index contributed by atoms with van der Waals surface area (Å²) >= 11 is 3.43. The number of hydrogen-bond acceptors (Lipinski definition) is 2. The Bertz CT molecular complexity index is 438. The van der Waals surface area contributed by atoms with Gasteiger partial charge in [-0.2, -0.15) is 5.26 Å². The van der Waals surface area contributed by atoms with E-state index in [0.717, 1.165) is 22.2 Å². The van der Waals surface area contributed by atoms with Crippen LogP contribution in [0.15, 0.2) is 22.7 Å². The number of rotatable bonds is 2. The van der Waals surface area contributed by atoms with Gasteiger partial charge in [0.2, 0.25) is 0 Å². The summed E-state index contributed by atoms with van der Waals surface area (Å²) in [5.41, 5.74) is 0.684. The zero-order valence-corrected chi connectivity index (χ0v) is 10.3. The van der Waals surface area contributed by atoms with Crippen molar-refractivity contribution in [2.45, 2.75) is 18.8 Å². The Balaban J connectivity index is 2.52. The second-order valence-corrected chi connectivity index (χ2v) is 4.95. The lowest BCUT2D eigenvalue weighted by Crippen LogP contribution is -2.08. The molecule has 0 N–H and O–H groups in total. The van der Waals surface area contributed by atoms with E-state index in [1.807, 2.05) is 18.2 Å². The fourth-order valence-electron chi connectivity index (χ4n) is 2.04. The number of ether oxygens (including phenoxy) is 1. The monoisotopic (exact) mass is 265 g/mol. The maximum Gasteiger partial charge on any atom is 0.123 e. The molecular formula is C12H12BrNO. The quantitative estimate of drug-likeness (QED) is 0.823. The first-order valence-electron chi connectivity index (χ1n) is 4.89. The average Bonchev–Trinajstić information content (AvgIpc) is 2.91. The van der Waals surface area contributed by atoms with Crippen LogP contribution in [0.2, 0.25) is 0 Å². The highest BCUT2D eigenvalue weighted by Gasteiger charge is 2.54. The van der Waals surface area contributed by atoms with Crippen molar-refractivity contribution in [1.82, 2.24) is 0 Å². The molecule has 1 saturated carbocycles. The van der Waals surface area contributed by atoms with E-state index in [2.05, 4.69) is 28.9 Å². The molecule has 1 aromatic carbocycles. The molecule has 2 rings (SSSR count). The maximum atomic E-state index is 9.27. The molecule has 0 aromatic heterocycles. The highest BCUT2D eigenvalue weighted by Crippen LogP contribution is 2.56. The number of benzene rings is 1. The molecule has 0 radical (unpaired) electrons. The highest BCUT2D eigenvalue weighted by molar-refractivity contribution is 9.10. The van der Waals surface area contributed by atoms with Gasteiger partial charge >= 0.3 is 0 Å². The van der Waals surface area contributed by atoms with Crippen molar-refractivity contribution >= 4 is 15.9 Å². The third kappa shape index (κ3) is 1.53. The Kier molecular flexibility index (Phi) is 2.47. The normalized spacial score (nSPS) is 28.3. The van der Waals surface area contributed by atoms with E-state index < -0.39 is 0 Å². The molecule has 0 spiro atoms. The van der Waals surface area contributed by atoms with Crippen LogP contribution in [0.5, 0.6) is 5.75 Å². The molecular weight excluding hydrogens is 254 g/mol. The lowest BCUT2D eigenvalue weighted by atomic mass is 9.94. The summed E-state index contributed by atoms with van der Waals surface area (Å²) < 4.78 is 6.30. The molecule has 1 aliphatic rings. The van der Waals surface area contributed by atoms with Gasteiger partial charge in [0.1, 0.15) is 5.75 Å². The molecule has 2 nitrogen and oxygen atoms in total. The molecule has 1 fully saturated rings. The molecule has 0 amide bonds. The Morgan fingerprint density at radius 3 is 2.73 bits per heavy atom. The minimum atomic E-state index is -0.324. The Hall–Kier alpha value is -1.01. The molecule has 0 saturated heterocycles. The summed E-state index contributed by atoms with van der Waals surface area (Å²) in [6.07, 6.45) is 0.927. The molecule has 0 bridgehead atoms. The van der Waals surface area contributed by atoms with Gasteiger partial charge in [0.25, 0.3) is 0 Å². The van der Waals surface area contributed by atoms with Crippen molar-refractivity contribution in [3.8, 4) is 11.8 Å². The third-order valence-electron chi connectivity index (χ3n) is 3.15. The Morgan fingerprint density at radius 2 is 2.27 bits per heavy atom. The van der Waals surface area contributed by atoms with Crippen LogP contribution in [-0.4, -0.2) is 7.11 Å². The zero-order chi connectivity index (χ0) is 11.1. The standard InChI is InChI=1S/C12H12BrNO/c1-8-6-12(8,7-14)10-5-9(13)3-4-11(10)15-2/h3-5,8H,6H2,1-2H3. The third-order valence-corrected chi connectivity index (χ3v) is 3.64. The van der Waals surface area contributed by atoms with Crippen LogP contribution < -0.4 is 4.74 Å². The first kappa shape index (κ1) is 10.5. The van der Waals surface area contributed by atoms with Gasteiger partial charge in [0, 0.05) is 10.0 Å². The SMILES string of the molecule is COc1ccc(Br)cc1C1(C#N)CC1C. The number of nitrogens with zero attached hydrogens (tertiary/aromatic N) is 1. The van der Waals surface area contributed by atoms with Gasteiger partial charge in [-0.3, -0.25) is 0 Å². The van der Waals surface area contributed by atoms with Crippen LogP contribution in [0.1, 0.15) is 18.9 Å². The van der Waals surface area contributed by atoms with E-state index in [-0.39, 0.29) is 5.41 Å². The maximum absolute atomic E-state index is 9.27. The van der Waals surface area contributed by atoms with Gasteiger partial charge < -0.3 is 4.74 Å². The molecule has 0 heterocycles. The zero-order valence-electron chi connectivity index (χ0n) is 8.75. The first-order valence-corrected chi connectivity index (χ1v) is 5.68. The summed E-state index contributed by atoms with van der Waals surface area (Å²) in [6.45, 7) is 2.10. The molecule has 0 aliphatic heterocycles. The van der Waals surface area contributed by atoms with Crippen molar-refractivity contribution in [1.29, 1.82) is 5.26 Å². The predicted octanol–water partition coefficient (Wildman–Crippen LogP) is 3.26. The number of hydrogen-bond donors (Lipinski definition) is 0. The minimum Gasteiger partial charge on any atom is -0.496 e. The van der Waals surface area contributed by atoms with Crippen molar-refractivity contribution in [3.63, 3.8) is 0 Å². The van der Waals surface area contributed by atoms with Crippen LogP contribution in [0, 0.1) is 17.2 Å². The minimum absolute atomic E-state index is 0.324. The summed E-state index contributed by atoms with van der Waals surface area (Å²) in [4.78, 5) is 0. The second kappa shape index (κ2) is 3.53. The van der Waals surface area contributed by atoms with Crippen molar-refractivity contribution in [3.05, 3.63) is 28.2 Å². The lowest BCUT2D eigenvalue weighted by Gasteiger charge is -2.13. The summed E-state index contributed by atoms with van der Waals surface area (Å²) in [5.74, 6) is 1.23.